The van der Waals surface area contributed by atoms with Crippen LogP contribution in [0.2, 0.25) is 0 Å². The van der Waals surface area contributed by atoms with Crippen molar-refractivity contribution >= 4 is 0 Å². The molecular formula is C16H28O2. The second-order valence-electron chi connectivity index (χ2n) is 4.91. The predicted molar refractivity (Wildman–Crippen MR) is 78.5 cm³/mol. The summed E-state index contributed by atoms with van der Waals surface area (Å²) >= 11 is 0. The number of aliphatic hydroxyl groups is 2. The molecule has 1 atom stereocenters. The van der Waals surface area contributed by atoms with Gasteiger partial charge in [0.25, 0.3) is 0 Å². The molecule has 0 radical (unpaired) electrons. The first-order valence-electron chi connectivity index (χ1n) is 6.74. The van der Waals surface area contributed by atoms with Gasteiger partial charge in [-0.2, -0.15) is 0 Å². The number of aliphatic hydroxyl groups excluding tert-OH is 2. The highest BCUT2D eigenvalue weighted by Crippen LogP contribution is 2.14. The Morgan fingerprint density at radius 2 is 1.67 bits per heavy atom. The molecule has 104 valence electrons. The van der Waals surface area contributed by atoms with E-state index in [0.717, 1.165) is 31.3 Å². The average molecular weight is 252 g/mol. The number of rotatable bonds is 8. The molecule has 0 aromatic carbocycles. The molecule has 0 fully saturated rings. The van der Waals surface area contributed by atoms with Crippen LogP contribution in [0.25, 0.3) is 0 Å². The molecule has 0 rings (SSSR count). The molecule has 2 nitrogen and oxygen atoms in total. The van der Waals surface area contributed by atoms with Gasteiger partial charge in [-0.15, -0.1) is 0 Å². The second-order valence-corrected chi connectivity index (χ2v) is 4.91. The Hall–Kier alpha value is -0.860. The first kappa shape index (κ1) is 17.1. The topological polar surface area (TPSA) is 40.5 Å². The van der Waals surface area contributed by atoms with Crippen molar-refractivity contribution in [3.63, 3.8) is 0 Å². The third-order valence-electron chi connectivity index (χ3n) is 3.26. The lowest BCUT2D eigenvalue weighted by atomic mass is 10.0. The molecule has 0 bridgehead atoms. The fourth-order valence-corrected chi connectivity index (χ4v) is 1.69. The number of allylic oxidation sites excluding steroid dienone is 4. The summed E-state index contributed by atoms with van der Waals surface area (Å²) in [6, 6.07) is 0. The molecule has 18 heavy (non-hydrogen) atoms. The first-order valence-corrected chi connectivity index (χ1v) is 6.74. The van der Waals surface area contributed by atoms with E-state index in [0.29, 0.717) is 0 Å². The Balaban J connectivity index is 3.95. The van der Waals surface area contributed by atoms with Gasteiger partial charge in [0.2, 0.25) is 0 Å². The zero-order valence-corrected chi connectivity index (χ0v) is 12.2. The van der Waals surface area contributed by atoms with Gasteiger partial charge in [0, 0.05) is 0 Å². The van der Waals surface area contributed by atoms with Gasteiger partial charge in [-0.1, -0.05) is 29.4 Å². The van der Waals surface area contributed by atoms with Crippen LogP contribution in [0.3, 0.4) is 0 Å². The summed E-state index contributed by atoms with van der Waals surface area (Å²) in [5, 5.41) is 18.6. The summed E-state index contributed by atoms with van der Waals surface area (Å²) in [7, 11) is 0. The molecule has 1 unspecified atom stereocenters. The molecule has 0 aromatic rings. The third-order valence-corrected chi connectivity index (χ3v) is 3.26. The van der Waals surface area contributed by atoms with Crippen LogP contribution in [0.4, 0.5) is 0 Å². The Morgan fingerprint density at radius 3 is 2.22 bits per heavy atom. The Morgan fingerprint density at radius 1 is 1.06 bits per heavy atom. The van der Waals surface area contributed by atoms with E-state index >= 15 is 0 Å². The average Bonchev–Trinajstić information content (AvgIpc) is 2.35. The molecule has 0 spiro atoms. The van der Waals surface area contributed by atoms with Crippen LogP contribution in [0.15, 0.2) is 34.9 Å². The smallest absolute Gasteiger partial charge is 0.0750 e. The summed E-state index contributed by atoms with van der Waals surface area (Å²) in [6.07, 6.45) is 9.47. The van der Waals surface area contributed by atoms with Crippen LogP contribution >= 0.6 is 0 Å². The van der Waals surface area contributed by atoms with Gasteiger partial charge in [0.15, 0.2) is 0 Å². The SMILES string of the molecule is CC=C(C)C(O)CC/C(C)=C/CC/C(C)=C/CO. The van der Waals surface area contributed by atoms with Crippen molar-refractivity contribution in [3.8, 4) is 0 Å². The van der Waals surface area contributed by atoms with E-state index in [1.807, 2.05) is 32.9 Å². The predicted octanol–water partition coefficient (Wildman–Crippen LogP) is 3.76. The van der Waals surface area contributed by atoms with Gasteiger partial charge in [-0.05, 0) is 59.0 Å². The van der Waals surface area contributed by atoms with E-state index in [-0.39, 0.29) is 12.7 Å². The van der Waals surface area contributed by atoms with Crippen LogP contribution in [-0.4, -0.2) is 22.9 Å². The van der Waals surface area contributed by atoms with Crippen LogP contribution in [0.1, 0.15) is 53.4 Å². The van der Waals surface area contributed by atoms with E-state index < -0.39 is 0 Å². The quantitative estimate of drug-likeness (QED) is 0.646. The van der Waals surface area contributed by atoms with Gasteiger partial charge >= 0.3 is 0 Å². The fraction of sp³-hybridized carbons (Fsp3) is 0.625. The molecule has 0 heterocycles. The minimum Gasteiger partial charge on any atom is -0.392 e. The van der Waals surface area contributed by atoms with Gasteiger partial charge in [-0.25, -0.2) is 0 Å². The molecule has 2 N–H and O–H groups in total. The van der Waals surface area contributed by atoms with Crippen molar-refractivity contribution in [2.45, 2.75) is 59.5 Å². The summed E-state index contributed by atoms with van der Waals surface area (Å²) in [4.78, 5) is 0. The maximum Gasteiger partial charge on any atom is 0.0750 e. The van der Waals surface area contributed by atoms with Gasteiger partial charge in [0.05, 0.1) is 12.7 Å². The maximum absolute atomic E-state index is 9.82. The van der Waals surface area contributed by atoms with E-state index in [1.54, 1.807) is 0 Å². The molecule has 0 aliphatic rings. The fourth-order valence-electron chi connectivity index (χ4n) is 1.69. The van der Waals surface area contributed by atoms with Gasteiger partial charge in [0.1, 0.15) is 0 Å². The van der Waals surface area contributed by atoms with Gasteiger partial charge in [-0.3, -0.25) is 0 Å². The van der Waals surface area contributed by atoms with Crippen molar-refractivity contribution in [3.05, 3.63) is 34.9 Å². The van der Waals surface area contributed by atoms with Crippen molar-refractivity contribution < 1.29 is 10.2 Å². The molecule has 0 saturated heterocycles. The highest BCUT2D eigenvalue weighted by molar-refractivity contribution is 5.07. The first-order chi connectivity index (χ1) is 8.51. The van der Waals surface area contributed by atoms with E-state index in [2.05, 4.69) is 13.0 Å². The Bertz CT molecular complexity index is 311. The molecule has 0 aromatic heterocycles. The number of hydrogen-bond acceptors (Lipinski definition) is 2. The van der Waals surface area contributed by atoms with E-state index in [1.165, 1.54) is 11.1 Å². The van der Waals surface area contributed by atoms with Gasteiger partial charge < -0.3 is 10.2 Å². The molecule has 2 heteroatoms. The molecule has 0 amide bonds. The standard InChI is InChI=1S/C16H28O2/c1-5-15(4)16(18)10-9-13(2)7-6-8-14(3)11-12-17/h5,7,11,16-18H,6,8-10,12H2,1-4H3/b13-7+,14-11+,15-5?. The molecule has 0 aliphatic carbocycles. The molecule has 0 aliphatic heterocycles. The van der Waals surface area contributed by atoms with Crippen LogP contribution < -0.4 is 0 Å². The van der Waals surface area contributed by atoms with Crippen molar-refractivity contribution in [2.75, 3.05) is 6.61 Å². The van der Waals surface area contributed by atoms with Crippen molar-refractivity contribution in [2.24, 2.45) is 0 Å². The summed E-state index contributed by atoms with van der Waals surface area (Å²) in [5.41, 5.74) is 3.60. The van der Waals surface area contributed by atoms with E-state index in [4.69, 9.17) is 5.11 Å². The molecule has 0 saturated carbocycles. The lowest BCUT2D eigenvalue weighted by molar-refractivity contribution is 0.200. The lowest BCUT2D eigenvalue weighted by Crippen LogP contribution is -2.07. The van der Waals surface area contributed by atoms with Crippen molar-refractivity contribution in [1.29, 1.82) is 0 Å². The number of hydrogen-bond donors (Lipinski definition) is 2. The zero-order chi connectivity index (χ0) is 14.0. The highest BCUT2D eigenvalue weighted by Gasteiger charge is 2.05. The Kier molecular flexibility index (Phi) is 9.62. The van der Waals surface area contributed by atoms with Crippen LogP contribution in [0.5, 0.6) is 0 Å². The summed E-state index contributed by atoms with van der Waals surface area (Å²) < 4.78 is 0. The zero-order valence-electron chi connectivity index (χ0n) is 12.2. The summed E-state index contributed by atoms with van der Waals surface area (Å²) in [6.45, 7) is 8.20. The van der Waals surface area contributed by atoms with E-state index in [9.17, 15) is 5.11 Å². The summed E-state index contributed by atoms with van der Waals surface area (Å²) in [5.74, 6) is 0. The van der Waals surface area contributed by atoms with Crippen molar-refractivity contribution in [1.82, 2.24) is 0 Å². The molecular weight excluding hydrogens is 224 g/mol. The normalized spacial score (nSPS) is 16.0. The largest absolute Gasteiger partial charge is 0.392 e. The second kappa shape index (κ2) is 10.1. The third kappa shape index (κ3) is 8.26. The minimum atomic E-state index is -0.311. The van der Waals surface area contributed by atoms with Crippen LogP contribution in [0, 0.1) is 0 Å². The lowest BCUT2D eigenvalue weighted by Gasteiger charge is -2.11. The van der Waals surface area contributed by atoms with Crippen LogP contribution in [-0.2, 0) is 0 Å². The Labute approximate surface area is 112 Å². The maximum atomic E-state index is 9.82. The monoisotopic (exact) mass is 252 g/mol. The highest BCUT2D eigenvalue weighted by atomic mass is 16.3. The minimum absolute atomic E-state index is 0.128.